The van der Waals surface area contributed by atoms with Gasteiger partial charge in [-0.15, -0.1) is 0 Å². The van der Waals surface area contributed by atoms with Gasteiger partial charge in [-0.2, -0.15) is 10.2 Å². The van der Waals surface area contributed by atoms with Gasteiger partial charge >= 0.3 is 0 Å². The van der Waals surface area contributed by atoms with Crippen molar-refractivity contribution in [1.82, 2.24) is 25.2 Å². The predicted octanol–water partition coefficient (Wildman–Crippen LogP) is 3.37. The van der Waals surface area contributed by atoms with Crippen molar-refractivity contribution < 1.29 is 4.79 Å². The van der Waals surface area contributed by atoms with Crippen molar-refractivity contribution in [2.24, 2.45) is 0 Å². The molecule has 2 aliphatic rings. The number of carbonyl (C=O) groups is 1. The van der Waals surface area contributed by atoms with Crippen molar-refractivity contribution >= 4 is 40.3 Å². The zero-order valence-electron chi connectivity index (χ0n) is 17.5. The van der Waals surface area contributed by atoms with E-state index in [1.165, 1.54) is 11.8 Å². The van der Waals surface area contributed by atoms with Gasteiger partial charge in [0.1, 0.15) is 10.5 Å². The minimum absolute atomic E-state index is 0.0169. The summed E-state index contributed by atoms with van der Waals surface area (Å²) in [4.78, 5) is 15.5. The third kappa shape index (κ3) is 3.94. The van der Waals surface area contributed by atoms with Gasteiger partial charge in [0, 0.05) is 28.2 Å². The van der Waals surface area contributed by atoms with Crippen molar-refractivity contribution in [2.75, 3.05) is 34.7 Å². The number of carbonyl (C=O) groups excluding carboxylic acids is 1. The number of thiocarbonyl (C=S) groups is 1. The lowest BCUT2D eigenvalue weighted by Crippen LogP contribution is -2.47. The fourth-order valence-corrected chi connectivity index (χ4v) is 4.96. The maximum Gasteiger partial charge on any atom is 0.266 e. The van der Waals surface area contributed by atoms with Crippen molar-refractivity contribution in [2.45, 2.75) is 6.17 Å². The fraction of sp³-hybridized carbons (Fsp3) is 0.273. The van der Waals surface area contributed by atoms with Crippen LogP contribution < -0.4 is 0 Å². The lowest BCUT2D eigenvalue weighted by molar-refractivity contribution is -0.125. The Balaban J connectivity index is 1.54. The third-order valence-electron chi connectivity index (χ3n) is 5.71. The highest BCUT2D eigenvalue weighted by atomic mass is 32.2. The van der Waals surface area contributed by atoms with Crippen LogP contribution >= 0.6 is 24.0 Å². The van der Waals surface area contributed by atoms with Gasteiger partial charge in [-0.25, -0.2) is 10.0 Å². The van der Waals surface area contributed by atoms with E-state index in [-0.39, 0.29) is 12.1 Å². The van der Waals surface area contributed by atoms with Crippen LogP contribution in [-0.4, -0.2) is 76.3 Å². The normalized spacial score (nSPS) is 21.5. The first-order chi connectivity index (χ1) is 14.4. The van der Waals surface area contributed by atoms with E-state index in [9.17, 15) is 4.79 Å². The summed E-state index contributed by atoms with van der Waals surface area (Å²) >= 11 is 6.92. The van der Waals surface area contributed by atoms with Crippen molar-refractivity contribution in [1.29, 1.82) is 0 Å². The summed E-state index contributed by atoms with van der Waals surface area (Å²) in [7, 11) is 7.99. The highest BCUT2D eigenvalue weighted by Gasteiger charge is 2.41. The SMILES string of the molecule is CN1C(CN2C(=O)/C(=C/c3cccc(-c4ccccc4)c3)SC2=S)N(C)N(C)N1C. The molecule has 2 heterocycles. The molecule has 0 N–H and O–H groups in total. The summed E-state index contributed by atoms with van der Waals surface area (Å²) in [6, 6.07) is 18.4. The topological polar surface area (TPSA) is 33.3 Å². The van der Waals surface area contributed by atoms with Crippen LogP contribution in [0.2, 0.25) is 0 Å². The first-order valence-electron chi connectivity index (χ1n) is 9.70. The van der Waals surface area contributed by atoms with Gasteiger partial charge < -0.3 is 0 Å². The summed E-state index contributed by atoms with van der Waals surface area (Å²) < 4.78 is 0.601. The standard InChI is InChI=1S/C22H25N5OS2/c1-23-20(24(2)26(4)25(23)3)15-27-21(28)19(30-22(27)29)14-16-9-8-12-18(13-16)17-10-6-5-7-11-17/h5-14,20H,15H2,1-4H3/b19-14-. The largest absolute Gasteiger partial charge is 0.290 e. The molecule has 2 aromatic carbocycles. The molecule has 2 aromatic rings. The van der Waals surface area contributed by atoms with E-state index in [4.69, 9.17) is 12.2 Å². The second-order valence-corrected chi connectivity index (χ2v) is 9.07. The van der Waals surface area contributed by atoms with Gasteiger partial charge in [0.05, 0.1) is 11.4 Å². The van der Waals surface area contributed by atoms with Crippen LogP contribution in [0.5, 0.6) is 0 Å². The van der Waals surface area contributed by atoms with Gasteiger partial charge in [0.2, 0.25) is 0 Å². The number of nitrogens with zero attached hydrogens (tertiary/aromatic N) is 5. The average Bonchev–Trinajstić information content (AvgIpc) is 3.12. The summed E-state index contributed by atoms with van der Waals surface area (Å²) in [6.07, 6.45) is 1.95. The number of rotatable bonds is 4. The van der Waals surface area contributed by atoms with Gasteiger partial charge in [0.25, 0.3) is 5.91 Å². The summed E-state index contributed by atoms with van der Waals surface area (Å²) in [6.45, 7) is 0.508. The Morgan fingerprint density at radius 3 is 2.23 bits per heavy atom. The molecule has 8 heteroatoms. The fourth-order valence-electron chi connectivity index (χ4n) is 3.68. The maximum absolute atomic E-state index is 13.1. The van der Waals surface area contributed by atoms with Gasteiger partial charge in [-0.3, -0.25) is 9.69 Å². The molecule has 0 atom stereocenters. The van der Waals surface area contributed by atoms with Crippen molar-refractivity contribution in [3.8, 4) is 11.1 Å². The van der Waals surface area contributed by atoms with Gasteiger partial charge in [0.15, 0.2) is 0 Å². The maximum atomic E-state index is 13.1. The Labute approximate surface area is 187 Å². The molecule has 0 spiro atoms. The van der Waals surface area contributed by atoms with Crippen LogP contribution in [0, 0.1) is 0 Å². The molecule has 30 heavy (non-hydrogen) atoms. The molecule has 2 fully saturated rings. The third-order valence-corrected chi connectivity index (χ3v) is 7.08. The quantitative estimate of drug-likeness (QED) is 0.534. The lowest BCUT2D eigenvalue weighted by Gasteiger charge is -2.27. The van der Waals surface area contributed by atoms with Gasteiger partial charge in [-0.1, -0.05) is 72.5 Å². The summed E-state index contributed by atoms with van der Waals surface area (Å²) in [5.74, 6) is -0.0332. The molecular weight excluding hydrogens is 414 g/mol. The number of hydrazine groups is 3. The van der Waals surface area contributed by atoms with Crippen molar-refractivity contribution in [3.63, 3.8) is 0 Å². The van der Waals surface area contributed by atoms with Crippen LogP contribution in [-0.2, 0) is 4.79 Å². The van der Waals surface area contributed by atoms with Crippen LogP contribution in [0.15, 0.2) is 59.5 Å². The highest BCUT2D eigenvalue weighted by molar-refractivity contribution is 8.26. The number of hydrogen-bond donors (Lipinski definition) is 0. The molecule has 2 saturated heterocycles. The molecule has 0 bridgehead atoms. The summed E-state index contributed by atoms with van der Waals surface area (Å²) in [5, 5.41) is 8.19. The Kier molecular flexibility index (Phi) is 6.06. The van der Waals surface area contributed by atoms with E-state index in [1.54, 1.807) is 4.90 Å². The van der Waals surface area contributed by atoms with E-state index in [0.717, 1.165) is 16.7 Å². The number of thioether (sulfide) groups is 1. The lowest BCUT2D eigenvalue weighted by atomic mass is 10.0. The number of benzene rings is 2. The van der Waals surface area contributed by atoms with E-state index in [0.29, 0.717) is 15.8 Å². The second kappa shape index (κ2) is 8.58. The zero-order valence-corrected chi connectivity index (χ0v) is 19.2. The minimum atomic E-state index is -0.0332. The average molecular weight is 440 g/mol. The first kappa shape index (κ1) is 21.2. The van der Waals surface area contributed by atoms with Crippen LogP contribution in [0.25, 0.3) is 17.2 Å². The van der Waals surface area contributed by atoms with Crippen molar-refractivity contribution in [3.05, 3.63) is 65.1 Å². The Morgan fingerprint density at radius 1 is 0.933 bits per heavy atom. The molecule has 156 valence electrons. The Hall–Kier alpha value is -2.07. The van der Waals surface area contributed by atoms with E-state index in [2.05, 4.69) is 34.3 Å². The molecule has 0 unspecified atom stereocenters. The van der Waals surface area contributed by atoms with E-state index < -0.39 is 0 Å². The highest BCUT2D eigenvalue weighted by Crippen LogP contribution is 2.34. The Bertz CT molecular complexity index is 982. The molecule has 6 nitrogen and oxygen atoms in total. The molecule has 2 aliphatic heterocycles. The van der Waals surface area contributed by atoms with Gasteiger partial charge in [-0.05, 0) is 28.8 Å². The summed E-state index contributed by atoms with van der Waals surface area (Å²) in [5.41, 5.74) is 3.27. The zero-order chi connectivity index (χ0) is 21.4. The molecule has 0 aromatic heterocycles. The predicted molar refractivity (Wildman–Crippen MR) is 127 cm³/mol. The molecule has 0 saturated carbocycles. The number of likely N-dealkylation sites (N-methyl/N-ethyl adjacent to an activating group) is 2. The molecule has 0 radical (unpaired) electrons. The van der Waals surface area contributed by atoms with Crippen LogP contribution in [0.1, 0.15) is 5.56 Å². The molecule has 1 amide bonds. The number of hydrogen-bond acceptors (Lipinski definition) is 7. The monoisotopic (exact) mass is 439 g/mol. The number of amides is 1. The van der Waals surface area contributed by atoms with E-state index in [1.807, 2.05) is 74.8 Å². The Morgan fingerprint density at radius 2 is 1.57 bits per heavy atom. The molecular formula is C22H25N5OS2. The van der Waals surface area contributed by atoms with E-state index >= 15 is 0 Å². The molecule has 0 aliphatic carbocycles. The minimum Gasteiger partial charge on any atom is -0.290 e. The smallest absolute Gasteiger partial charge is 0.266 e. The van der Waals surface area contributed by atoms with Crippen LogP contribution in [0.3, 0.4) is 0 Å². The second-order valence-electron chi connectivity index (χ2n) is 7.39. The van der Waals surface area contributed by atoms with Crippen LogP contribution in [0.4, 0.5) is 0 Å². The molecule has 4 rings (SSSR count). The first-order valence-corrected chi connectivity index (χ1v) is 10.9.